The number of alkyl halides is 3. The maximum absolute atomic E-state index is 15.0. The van der Waals surface area contributed by atoms with Crippen molar-refractivity contribution in [3.05, 3.63) is 88.8 Å². The van der Waals surface area contributed by atoms with E-state index in [2.05, 4.69) is 42.9 Å². The summed E-state index contributed by atoms with van der Waals surface area (Å²) in [6.07, 6.45) is 6.74. The van der Waals surface area contributed by atoms with Gasteiger partial charge in [0, 0.05) is 33.1 Å². The van der Waals surface area contributed by atoms with Gasteiger partial charge in [0.05, 0.1) is 17.5 Å². The van der Waals surface area contributed by atoms with Crippen LogP contribution in [-0.4, -0.2) is 46.5 Å². The molecule has 1 amide bonds. The number of allylic oxidation sites excluding steroid dienone is 4. The minimum Gasteiger partial charge on any atom is -0.440 e. The molecule has 6 aliphatic carbocycles. The van der Waals surface area contributed by atoms with E-state index >= 15 is 0 Å². The molecule has 10 rings (SSSR count). The Balaban J connectivity index is 1.08. The first-order valence-corrected chi connectivity index (χ1v) is 18.5. The van der Waals surface area contributed by atoms with Gasteiger partial charge in [-0.2, -0.15) is 0 Å². The number of hydrogen-bond acceptors (Lipinski definition) is 6. The molecule has 3 saturated carbocycles. The van der Waals surface area contributed by atoms with E-state index in [9.17, 15) is 27.9 Å². The van der Waals surface area contributed by atoms with Gasteiger partial charge in [0.2, 0.25) is 0 Å². The second-order valence-electron chi connectivity index (χ2n) is 16.2. The molecule has 0 unspecified atom stereocenters. The van der Waals surface area contributed by atoms with Crippen molar-refractivity contribution < 1.29 is 37.3 Å². The number of Topliss-reactive ketones (excluding diaryl/α,β-unsaturated/α-hetero) is 1. The van der Waals surface area contributed by atoms with Crippen molar-refractivity contribution in [3.8, 4) is 5.75 Å². The van der Waals surface area contributed by atoms with E-state index < -0.39 is 40.4 Å². The molecule has 8 atom stereocenters. The Labute approximate surface area is 292 Å². The highest BCUT2D eigenvalue weighted by Crippen LogP contribution is 2.79. The minimum absolute atomic E-state index is 0.0445. The molecule has 0 radical (unpaired) electrons. The van der Waals surface area contributed by atoms with Crippen LogP contribution in [0.1, 0.15) is 74.0 Å². The van der Waals surface area contributed by atoms with Gasteiger partial charge in [-0.15, -0.1) is 24.5 Å². The van der Waals surface area contributed by atoms with E-state index in [1.54, 1.807) is 17.0 Å². The largest absolute Gasteiger partial charge is 0.573 e. The van der Waals surface area contributed by atoms with Gasteiger partial charge in [0.15, 0.2) is 5.78 Å². The predicted octanol–water partition coefficient (Wildman–Crippen LogP) is 9.23. The number of aliphatic hydroxyl groups is 1. The Morgan fingerprint density at radius 2 is 1.72 bits per heavy atom. The average Bonchev–Trinajstić information content (AvgIpc) is 3.73. The lowest BCUT2D eigenvalue weighted by Crippen LogP contribution is -2.67. The molecule has 2 heterocycles. The number of carbonyl (C=O) groups is 2. The van der Waals surface area contributed by atoms with E-state index in [1.807, 2.05) is 24.3 Å². The van der Waals surface area contributed by atoms with Gasteiger partial charge < -0.3 is 14.6 Å². The highest BCUT2D eigenvalue weighted by atomic mass is 32.1. The molecule has 3 spiro atoms. The lowest BCUT2D eigenvalue weighted by Gasteiger charge is -2.71. The average molecular weight is 704 g/mol. The molecule has 1 aliphatic heterocycles. The zero-order chi connectivity index (χ0) is 34.9. The van der Waals surface area contributed by atoms with Crippen molar-refractivity contribution in [2.75, 3.05) is 6.54 Å². The van der Waals surface area contributed by atoms with Crippen LogP contribution in [0.2, 0.25) is 0 Å². The molecule has 3 aromatic rings. The van der Waals surface area contributed by atoms with Crippen LogP contribution < -0.4 is 4.74 Å². The van der Waals surface area contributed by atoms with Crippen LogP contribution in [0.5, 0.6) is 5.75 Å². The van der Waals surface area contributed by atoms with Crippen LogP contribution in [0.4, 0.5) is 18.0 Å². The number of rotatable bonds is 5. The van der Waals surface area contributed by atoms with Crippen LogP contribution in [0.25, 0.3) is 10.1 Å². The molecule has 2 bridgehead atoms. The van der Waals surface area contributed by atoms with Crippen molar-refractivity contribution >= 4 is 33.3 Å². The number of amides is 1. The fourth-order valence-corrected chi connectivity index (χ4v) is 12.8. The van der Waals surface area contributed by atoms with Gasteiger partial charge in [-0.1, -0.05) is 62.4 Å². The smallest absolute Gasteiger partial charge is 0.440 e. The van der Waals surface area contributed by atoms with Gasteiger partial charge >= 0.3 is 12.5 Å². The molecule has 4 fully saturated rings. The second-order valence-corrected chi connectivity index (χ2v) is 17.3. The van der Waals surface area contributed by atoms with E-state index in [1.165, 1.54) is 23.5 Å². The molecule has 2 aromatic carbocycles. The van der Waals surface area contributed by atoms with Crippen LogP contribution in [0, 0.1) is 33.5 Å². The van der Waals surface area contributed by atoms with Crippen molar-refractivity contribution in [1.82, 2.24) is 4.90 Å². The predicted molar refractivity (Wildman–Crippen MR) is 183 cm³/mol. The number of aliphatic hydroxyl groups excluding tert-OH is 1. The number of thiophene rings is 1. The summed E-state index contributed by atoms with van der Waals surface area (Å²) in [5.74, 6) is -0.000768. The molecule has 6 nitrogen and oxygen atoms in total. The summed E-state index contributed by atoms with van der Waals surface area (Å²) in [5.41, 5.74) is -0.730. The quantitative estimate of drug-likeness (QED) is 0.212. The Hall–Kier alpha value is -3.63. The highest BCUT2D eigenvalue weighted by molar-refractivity contribution is 7.21. The summed E-state index contributed by atoms with van der Waals surface area (Å²) in [7, 11) is 0. The fraction of sp³-hybridized carbons (Fsp3) is 0.500. The van der Waals surface area contributed by atoms with E-state index in [-0.39, 0.29) is 35.3 Å². The van der Waals surface area contributed by atoms with E-state index in [0.717, 1.165) is 52.6 Å². The van der Waals surface area contributed by atoms with Crippen LogP contribution in [-0.2, 0) is 11.3 Å². The Bertz CT molecular complexity index is 1950. The van der Waals surface area contributed by atoms with Gasteiger partial charge in [0.1, 0.15) is 11.4 Å². The maximum Gasteiger partial charge on any atom is 0.573 e. The maximum atomic E-state index is 15.0. The van der Waals surface area contributed by atoms with Crippen molar-refractivity contribution in [2.24, 2.45) is 33.5 Å². The van der Waals surface area contributed by atoms with Gasteiger partial charge in [-0.05, 0) is 97.4 Å². The number of ether oxygens (including phenoxy) is 2. The molecule has 50 heavy (non-hydrogen) atoms. The Kier molecular flexibility index (Phi) is 6.76. The van der Waals surface area contributed by atoms with Gasteiger partial charge in [0.25, 0.3) is 0 Å². The molecule has 10 heteroatoms. The van der Waals surface area contributed by atoms with Crippen molar-refractivity contribution in [1.29, 1.82) is 0 Å². The summed E-state index contributed by atoms with van der Waals surface area (Å²) in [5, 5.41) is 12.1. The first kappa shape index (κ1) is 32.3. The van der Waals surface area contributed by atoms with Crippen LogP contribution in [0.3, 0.4) is 0 Å². The molecule has 1 aromatic heterocycles. The lowest BCUT2D eigenvalue weighted by molar-refractivity contribution is -0.274. The number of halogens is 3. The molecule has 1 saturated heterocycles. The monoisotopic (exact) mass is 703 g/mol. The number of fused-ring (bicyclic) bond motifs is 3. The molecular weight excluding hydrogens is 664 g/mol. The number of carbonyl (C=O) groups excluding carboxylic acids is 2. The number of benzene rings is 2. The normalized spacial score (nSPS) is 38.5. The van der Waals surface area contributed by atoms with E-state index in [0.29, 0.717) is 24.9 Å². The molecular formula is C40H40F3NO5S. The minimum atomic E-state index is -4.78. The van der Waals surface area contributed by atoms with Crippen molar-refractivity contribution in [2.45, 2.75) is 83.4 Å². The Morgan fingerprint density at radius 1 is 1.00 bits per heavy atom. The standard InChI is InChI=1S/C40H40F3NO5S/c1-35-14-11-26(45)20-37(35)17-18-39(28(21-37)33(46)30-19-25-5-3-4-6-29(25)50-30)31(35)12-15-36(2)32(39)13-16-38(36)23-44(34(47)49-38)22-24-7-9-27(10-8-24)48-40(41,42)43/h3-10,17-19,21,26,31-32,45H,11-16,20,22-23H2,1-2H3/t26-,31+,32+,35+,36-,37-,38+,39+/m0/s1. The molecule has 1 N–H and O–H groups in total. The first-order chi connectivity index (χ1) is 23.7. The summed E-state index contributed by atoms with van der Waals surface area (Å²) in [4.78, 5) is 30.9. The lowest BCUT2D eigenvalue weighted by atomic mass is 9.32. The Morgan fingerprint density at radius 3 is 2.48 bits per heavy atom. The fourth-order valence-electron chi connectivity index (χ4n) is 11.7. The molecule has 262 valence electrons. The summed E-state index contributed by atoms with van der Waals surface area (Å²) in [6, 6.07) is 15.7. The number of ketones is 1. The summed E-state index contributed by atoms with van der Waals surface area (Å²) >= 11 is 1.53. The third-order valence-electron chi connectivity index (χ3n) is 14.1. The molecule has 7 aliphatic rings. The second kappa shape index (κ2) is 10.5. The van der Waals surface area contributed by atoms with Crippen molar-refractivity contribution in [3.63, 3.8) is 0 Å². The number of nitrogens with zero attached hydrogens (tertiary/aromatic N) is 1. The topological polar surface area (TPSA) is 76.1 Å². The van der Waals surface area contributed by atoms with Crippen LogP contribution in [0.15, 0.2) is 78.4 Å². The number of hydrogen-bond donors (Lipinski definition) is 1. The summed E-state index contributed by atoms with van der Waals surface area (Å²) in [6.45, 7) is 5.23. The SMILES string of the molecule is C[C@]12CC[C@H]3[C@]4(C=C[C@@]5(C=C4C(=O)c4cc6ccccc6s4)C[C@@H](O)CC[C@]35C)[C@@H]1CC[C@@]21CN(Cc2ccc(OC(F)(F)F)cc2)C(=O)O1. The highest BCUT2D eigenvalue weighted by Gasteiger charge is 2.76. The van der Waals surface area contributed by atoms with Gasteiger partial charge in [-0.25, -0.2) is 4.79 Å². The van der Waals surface area contributed by atoms with Gasteiger partial charge in [-0.3, -0.25) is 9.69 Å². The third kappa shape index (κ3) is 4.30. The van der Waals surface area contributed by atoms with Crippen LogP contribution >= 0.6 is 11.3 Å². The first-order valence-electron chi connectivity index (χ1n) is 17.7. The van der Waals surface area contributed by atoms with E-state index in [4.69, 9.17) is 4.74 Å². The summed E-state index contributed by atoms with van der Waals surface area (Å²) < 4.78 is 49.7. The zero-order valence-electron chi connectivity index (χ0n) is 28.1. The third-order valence-corrected chi connectivity index (χ3v) is 15.2. The zero-order valence-corrected chi connectivity index (χ0v) is 28.9.